The SMILES string of the molecule is C=C(N)/C=C\C=C(/C)C(C)=O. The molecule has 0 aliphatic heterocycles. The molecule has 0 rings (SSSR count). The van der Waals surface area contributed by atoms with Crippen LogP contribution in [0.2, 0.25) is 0 Å². The van der Waals surface area contributed by atoms with Crippen molar-refractivity contribution in [1.29, 1.82) is 0 Å². The molecule has 60 valence electrons. The molecule has 0 saturated heterocycles. The molecule has 0 aliphatic rings. The van der Waals surface area contributed by atoms with Crippen LogP contribution >= 0.6 is 0 Å². The van der Waals surface area contributed by atoms with Crippen LogP contribution < -0.4 is 5.73 Å². The van der Waals surface area contributed by atoms with Crippen molar-refractivity contribution in [3.63, 3.8) is 0 Å². The van der Waals surface area contributed by atoms with Gasteiger partial charge in [-0.3, -0.25) is 4.79 Å². The maximum absolute atomic E-state index is 10.7. The van der Waals surface area contributed by atoms with E-state index in [-0.39, 0.29) is 5.78 Å². The van der Waals surface area contributed by atoms with Gasteiger partial charge in [0.2, 0.25) is 0 Å². The van der Waals surface area contributed by atoms with Gasteiger partial charge in [0.25, 0.3) is 0 Å². The number of carbonyl (C=O) groups is 1. The molecular weight excluding hydrogens is 138 g/mol. The van der Waals surface area contributed by atoms with E-state index in [1.807, 2.05) is 0 Å². The Morgan fingerprint density at radius 3 is 2.36 bits per heavy atom. The fourth-order valence-electron chi connectivity index (χ4n) is 0.433. The molecule has 0 spiro atoms. The van der Waals surface area contributed by atoms with Crippen molar-refractivity contribution in [3.05, 3.63) is 36.1 Å². The summed E-state index contributed by atoms with van der Waals surface area (Å²) in [6.45, 7) is 6.75. The first kappa shape index (κ1) is 9.69. The predicted molar refractivity (Wildman–Crippen MR) is 46.9 cm³/mol. The standard InChI is InChI=1S/C9H13NO/c1-7(9(3)11)5-4-6-8(2)10/h4-6H,2,10H2,1,3H3/b6-4-,7-5+. The largest absolute Gasteiger partial charge is 0.399 e. The Morgan fingerprint density at radius 1 is 1.45 bits per heavy atom. The fourth-order valence-corrected chi connectivity index (χ4v) is 0.433. The zero-order valence-electron chi connectivity index (χ0n) is 6.92. The third-order valence-corrected chi connectivity index (χ3v) is 1.21. The minimum absolute atomic E-state index is 0.0669. The van der Waals surface area contributed by atoms with Crippen LogP contribution in [0.5, 0.6) is 0 Å². The van der Waals surface area contributed by atoms with E-state index in [9.17, 15) is 4.79 Å². The molecule has 0 amide bonds. The van der Waals surface area contributed by atoms with Gasteiger partial charge in [-0.1, -0.05) is 18.7 Å². The van der Waals surface area contributed by atoms with E-state index in [4.69, 9.17) is 5.73 Å². The Hall–Kier alpha value is -1.31. The van der Waals surface area contributed by atoms with E-state index in [1.54, 1.807) is 25.2 Å². The van der Waals surface area contributed by atoms with Crippen LogP contribution in [-0.4, -0.2) is 5.78 Å². The molecule has 0 atom stereocenters. The predicted octanol–water partition coefficient (Wildman–Crippen LogP) is 1.55. The number of hydrogen-bond acceptors (Lipinski definition) is 2. The van der Waals surface area contributed by atoms with Crippen LogP contribution in [-0.2, 0) is 4.79 Å². The molecule has 0 aromatic rings. The molecule has 0 saturated carbocycles. The molecule has 0 aromatic carbocycles. The molecule has 2 nitrogen and oxygen atoms in total. The zero-order valence-corrected chi connectivity index (χ0v) is 6.92. The molecule has 0 radical (unpaired) electrons. The Balaban J connectivity index is 4.13. The Bertz CT molecular complexity index is 224. The molecule has 0 bridgehead atoms. The van der Waals surface area contributed by atoms with Crippen LogP contribution in [0.25, 0.3) is 0 Å². The summed E-state index contributed by atoms with van der Waals surface area (Å²) in [5, 5.41) is 0. The molecule has 0 heterocycles. The van der Waals surface area contributed by atoms with E-state index >= 15 is 0 Å². The number of rotatable bonds is 3. The second-order valence-electron chi connectivity index (χ2n) is 2.34. The smallest absolute Gasteiger partial charge is 0.155 e. The number of allylic oxidation sites excluding steroid dienone is 4. The summed E-state index contributed by atoms with van der Waals surface area (Å²) >= 11 is 0. The highest BCUT2D eigenvalue weighted by atomic mass is 16.1. The number of Topliss-reactive ketones (excluding diaryl/α,β-unsaturated/α-hetero) is 1. The second-order valence-corrected chi connectivity index (χ2v) is 2.34. The highest BCUT2D eigenvalue weighted by molar-refractivity contribution is 5.92. The van der Waals surface area contributed by atoms with Gasteiger partial charge in [-0.25, -0.2) is 0 Å². The van der Waals surface area contributed by atoms with Gasteiger partial charge in [0.05, 0.1) is 0 Å². The molecule has 0 fully saturated rings. The topological polar surface area (TPSA) is 43.1 Å². The number of nitrogens with two attached hydrogens (primary N) is 1. The van der Waals surface area contributed by atoms with Gasteiger partial charge in [0, 0.05) is 5.70 Å². The second kappa shape index (κ2) is 4.50. The lowest BCUT2D eigenvalue weighted by Crippen LogP contribution is -1.90. The van der Waals surface area contributed by atoms with Crippen LogP contribution in [0.15, 0.2) is 36.1 Å². The van der Waals surface area contributed by atoms with Crippen molar-refractivity contribution >= 4 is 5.78 Å². The van der Waals surface area contributed by atoms with Gasteiger partial charge in [0.1, 0.15) is 0 Å². The van der Waals surface area contributed by atoms with Gasteiger partial charge in [-0.15, -0.1) is 0 Å². The Kier molecular flexibility index (Phi) is 3.96. The first-order valence-electron chi connectivity index (χ1n) is 3.34. The fraction of sp³-hybridized carbons (Fsp3) is 0.222. The van der Waals surface area contributed by atoms with Gasteiger partial charge in [-0.05, 0) is 25.5 Å². The lowest BCUT2D eigenvalue weighted by Gasteiger charge is -1.88. The van der Waals surface area contributed by atoms with E-state index in [0.717, 1.165) is 0 Å². The van der Waals surface area contributed by atoms with Crippen LogP contribution in [0, 0.1) is 0 Å². The molecule has 2 N–H and O–H groups in total. The zero-order chi connectivity index (χ0) is 8.85. The van der Waals surface area contributed by atoms with Gasteiger partial charge in [0.15, 0.2) is 5.78 Å². The molecule has 2 heteroatoms. The van der Waals surface area contributed by atoms with E-state index in [0.29, 0.717) is 11.3 Å². The average Bonchev–Trinajstić information content (AvgIpc) is 1.86. The normalized spacial score (nSPS) is 12.0. The quantitative estimate of drug-likeness (QED) is 0.491. The first-order valence-corrected chi connectivity index (χ1v) is 3.34. The van der Waals surface area contributed by atoms with E-state index in [2.05, 4.69) is 6.58 Å². The summed E-state index contributed by atoms with van der Waals surface area (Å²) in [4.78, 5) is 10.7. The summed E-state index contributed by atoms with van der Waals surface area (Å²) in [6.07, 6.45) is 5.06. The van der Waals surface area contributed by atoms with Crippen LogP contribution in [0.4, 0.5) is 0 Å². The van der Waals surface area contributed by atoms with Gasteiger partial charge in [-0.2, -0.15) is 0 Å². The lowest BCUT2D eigenvalue weighted by atomic mass is 10.2. The minimum Gasteiger partial charge on any atom is -0.399 e. The van der Waals surface area contributed by atoms with Crippen molar-refractivity contribution < 1.29 is 4.79 Å². The first-order chi connectivity index (χ1) is 5.04. The summed E-state index contributed by atoms with van der Waals surface area (Å²) in [7, 11) is 0. The van der Waals surface area contributed by atoms with Crippen molar-refractivity contribution in [2.24, 2.45) is 5.73 Å². The van der Waals surface area contributed by atoms with Gasteiger partial charge < -0.3 is 5.73 Å². The summed E-state index contributed by atoms with van der Waals surface area (Å²) in [6, 6.07) is 0. The summed E-state index contributed by atoms with van der Waals surface area (Å²) in [5.74, 6) is 0.0669. The summed E-state index contributed by atoms with van der Waals surface area (Å²) in [5.41, 5.74) is 6.45. The Morgan fingerprint density at radius 2 is 2.00 bits per heavy atom. The maximum Gasteiger partial charge on any atom is 0.155 e. The summed E-state index contributed by atoms with van der Waals surface area (Å²) < 4.78 is 0. The van der Waals surface area contributed by atoms with Crippen molar-refractivity contribution in [3.8, 4) is 0 Å². The monoisotopic (exact) mass is 151 g/mol. The Labute approximate surface area is 67.1 Å². The average molecular weight is 151 g/mol. The number of carbonyl (C=O) groups excluding carboxylic acids is 1. The molecule has 0 aromatic heterocycles. The minimum atomic E-state index is 0.0669. The van der Waals surface area contributed by atoms with E-state index < -0.39 is 0 Å². The van der Waals surface area contributed by atoms with Gasteiger partial charge >= 0.3 is 0 Å². The van der Waals surface area contributed by atoms with Crippen molar-refractivity contribution in [1.82, 2.24) is 0 Å². The number of hydrogen-bond donors (Lipinski definition) is 1. The third kappa shape index (κ3) is 5.15. The highest BCUT2D eigenvalue weighted by Gasteiger charge is 1.91. The van der Waals surface area contributed by atoms with Crippen LogP contribution in [0.1, 0.15) is 13.8 Å². The third-order valence-electron chi connectivity index (χ3n) is 1.21. The molecule has 11 heavy (non-hydrogen) atoms. The highest BCUT2D eigenvalue weighted by Crippen LogP contribution is 1.94. The van der Waals surface area contributed by atoms with Crippen molar-refractivity contribution in [2.45, 2.75) is 13.8 Å². The number of ketones is 1. The molecule has 0 aliphatic carbocycles. The van der Waals surface area contributed by atoms with Crippen LogP contribution in [0.3, 0.4) is 0 Å². The van der Waals surface area contributed by atoms with Crippen molar-refractivity contribution in [2.75, 3.05) is 0 Å². The maximum atomic E-state index is 10.7. The molecule has 0 unspecified atom stereocenters. The van der Waals surface area contributed by atoms with E-state index in [1.165, 1.54) is 6.92 Å². The molecular formula is C9H13NO. The lowest BCUT2D eigenvalue weighted by molar-refractivity contribution is -0.113.